The second-order valence-corrected chi connectivity index (χ2v) is 3.53. The molecule has 0 spiro atoms. The third-order valence-electron chi connectivity index (χ3n) is 2.58. The molecule has 0 unspecified atom stereocenters. The van der Waals surface area contributed by atoms with Crippen molar-refractivity contribution in [3.05, 3.63) is 21.5 Å². The number of hydrogen-bond donors (Lipinski definition) is 1. The number of hydrogen-bond acceptors (Lipinski definition) is 4. The summed E-state index contributed by atoms with van der Waals surface area (Å²) >= 11 is 0. The minimum absolute atomic E-state index is 0.150. The monoisotopic (exact) mass is 196 g/mol. The molecule has 76 valence electrons. The summed E-state index contributed by atoms with van der Waals surface area (Å²) in [6.45, 7) is 5.11. The summed E-state index contributed by atoms with van der Waals surface area (Å²) in [6.07, 6.45) is 0. The zero-order valence-electron chi connectivity index (χ0n) is 8.15. The van der Waals surface area contributed by atoms with E-state index in [2.05, 4.69) is 10.4 Å². The smallest absolute Gasteiger partial charge is 0.312 e. The number of aryl methyl sites for hydroxylation is 1. The van der Waals surface area contributed by atoms with Crippen LogP contribution in [0.25, 0.3) is 0 Å². The van der Waals surface area contributed by atoms with Gasteiger partial charge in [0.05, 0.1) is 11.0 Å². The van der Waals surface area contributed by atoms with Gasteiger partial charge in [-0.25, -0.2) is 0 Å². The predicted octanol–water partition coefficient (Wildman–Crippen LogP) is 0.552. The van der Waals surface area contributed by atoms with Crippen molar-refractivity contribution >= 4 is 5.69 Å². The highest BCUT2D eigenvalue weighted by molar-refractivity contribution is 5.39. The van der Waals surface area contributed by atoms with Gasteiger partial charge in [-0.1, -0.05) is 0 Å². The normalized spacial score (nSPS) is 16.7. The molecule has 0 radical (unpaired) electrons. The van der Waals surface area contributed by atoms with Gasteiger partial charge >= 0.3 is 5.69 Å². The highest BCUT2D eigenvalue weighted by Gasteiger charge is 2.28. The first kappa shape index (κ1) is 9.14. The lowest BCUT2D eigenvalue weighted by Gasteiger charge is -2.27. The van der Waals surface area contributed by atoms with Gasteiger partial charge < -0.3 is 5.32 Å². The van der Waals surface area contributed by atoms with Crippen LogP contribution in [-0.4, -0.2) is 27.8 Å². The SMILES string of the molecule is Cc1nn(C2CNC2)c(C)c1[N+](=O)[O-]. The Bertz CT molecular complexity index is 381. The molecule has 6 heteroatoms. The molecule has 1 fully saturated rings. The number of aromatic nitrogens is 2. The van der Waals surface area contributed by atoms with E-state index in [1.807, 2.05) is 0 Å². The molecule has 1 aromatic heterocycles. The van der Waals surface area contributed by atoms with Crippen molar-refractivity contribution in [2.24, 2.45) is 0 Å². The zero-order chi connectivity index (χ0) is 10.3. The summed E-state index contributed by atoms with van der Waals surface area (Å²) in [7, 11) is 0. The molecule has 0 amide bonds. The Kier molecular flexibility index (Phi) is 1.99. The van der Waals surface area contributed by atoms with Gasteiger partial charge in [-0.3, -0.25) is 14.8 Å². The highest BCUT2D eigenvalue weighted by Crippen LogP contribution is 2.25. The molecule has 0 aliphatic carbocycles. The van der Waals surface area contributed by atoms with Gasteiger partial charge in [0, 0.05) is 13.1 Å². The van der Waals surface area contributed by atoms with Crippen LogP contribution in [0.15, 0.2) is 0 Å². The number of nitro groups is 1. The molecular formula is C8H12N4O2. The van der Waals surface area contributed by atoms with Crippen molar-refractivity contribution in [1.82, 2.24) is 15.1 Å². The minimum Gasteiger partial charge on any atom is -0.312 e. The second kappa shape index (κ2) is 3.06. The van der Waals surface area contributed by atoms with E-state index in [0.717, 1.165) is 13.1 Å². The fourth-order valence-corrected chi connectivity index (χ4v) is 1.72. The van der Waals surface area contributed by atoms with Crippen molar-refractivity contribution in [3.63, 3.8) is 0 Å². The van der Waals surface area contributed by atoms with E-state index >= 15 is 0 Å². The van der Waals surface area contributed by atoms with Crippen molar-refractivity contribution in [2.75, 3.05) is 13.1 Å². The zero-order valence-corrected chi connectivity index (χ0v) is 8.15. The number of nitrogens with one attached hydrogen (secondary N) is 1. The average Bonchev–Trinajstić information content (AvgIpc) is 2.23. The van der Waals surface area contributed by atoms with Crippen LogP contribution in [0.5, 0.6) is 0 Å². The largest absolute Gasteiger partial charge is 0.312 e. The lowest BCUT2D eigenvalue weighted by atomic mass is 10.2. The van der Waals surface area contributed by atoms with Crippen LogP contribution in [0, 0.1) is 24.0 Å². The molecule has 6 nitrogen and oxygen atoms in total. The van der Waals surface area contributed by atoms with E-state index in [4.69, 9.17) is 0 Å². The van der Waals surface area contributed by atoms with E-state index in [0.29, 0.717) is 11.4 Å². The van der Waals surface area contributed by atoms with Gasteiger partial charge in [-0.2, -0.15) is 5.10 Å². The molecule has 0 bridgehead atoms. The lowest BCUT2D eigenvalue weighted by molar-refractivity contribution is -0.386. The maximum absolute atomic E-state index is 10.7. The quantitative estimate of drug-likeness (QED) is 0.553. The van der Waals surface area contributed by atoms with Crippen LogP contribution in [-0.2, 0) is 0 Å². The topological polar surface area (TPSA) is 73.0 Å². The summed E-state index contributed by atoms with van der Waals surface area (Å²) in [5.74, 6) is 0. The Balaban J connectivity index is 2.42. The standard InChI is InChI=1S/C8H12N4O2/c1-5-8(12(13)14)6(2)11(10-5)7-3-9-4-7/h7,9H,3-4H2,1-2H3. The average molecular weight is 196 g/mol. The van der Waals surface area contributed by atoms with Crippen LogP contribution in [0.1, 0.15) is 17.4 Å². The van der Waals surface area contributed by atoms with E-state index in [1.54, 1.807) is 18.5 Å². The first-order valence-electron chi connectivity index (χ1n) is 4.52. The number of nitrogens with zero attached hydrogens (tertiary/aromatic N) is 3. The Morgan fingerprint density at radius 3 is 2.57 bits per heavy atom. The van der Waals surface area contributed by atoms with Gasteiger partial charge in [0.1, 0.15) is 11.4 Å². The first-order valence-corrected chi connectivity index (χ1v) is 4.52. The Labute approximate surface area is 81.1 Å². The summed E-state index contributed by atoms with van der Waals surface area (Å²) in [5, 5.41) is 18.0. The Hall–Kier alpha value is -1.43. The maximum atomic E-state index is 10.7. The summed E-state index contributed by atoms with van der Waals surface area (Å²) < 4.78 is 1.75. The van der Waals surface area contributed by atoms with Crippen molar-refractivity contribution in [3.8, 4) is 0 Å². The molecule has 1 N–H and O–H groups in total. The lowest BCUT2D eigenvalue weighted by Crippen LogP contribution is -2.44. The van der Waals surface area contributed by atoms with E-state index < -0.39 is 0 Å². The Morgan fingerprint density at radius 1 is 1.57 bits per heavy atom. The van der Waals surface area contributed by atoms with Gasteiger partial charge in [0.25, 0.3) is 0 Å². The maximum Gasteiger partial charge on any atom is 0.312 e. The molecule has 2 heterocycles. The van der Waals surface area contributed by atoms with Gasteiger partial charge in [0.15, 0.2) is 0 Å². The fourth-order valence-electron chi connectivity index (χ4n) is 1.72. The van der Waals surface area contributed by atoms with Crippen molar-refractivity contribution < 1.29 is 4.92 Å². The molecule has 1 saturated heterocycles. The molecular weight excluding hydrogens is 184 g/mol. The fraction of sp³-hybridized carbons (Fsp3) is 0.625. The predicted molar refractivity (Wildman–Crippen MR) is 50.3 cm³/mol. The molecule has 2 rings (SSSR count). The molecule has 1 aliphatic rings. The molecule has 1 aromatic rings. The molecule has 0 saturated carbocycles. The third kappa shape index (κ3) is 1.19. The molecule has 0 atom stereocenters. The minimum atomic E-state index is -0.361. The van der Waals surface area contributed by atoms with Crippen LogP contribution < -0.4 is 5.32 Å². The van der Waals surface area contributed by atoms with Crippen LogP contribution >= 0.6 is 0 Å². The summed E-state index contributed by atoms with van der Waals surface area (Å²) in [6, 6.07) is 0.280. The number of rotatable bonds is 2. The van der Waals surface area contributed by atoms with Gasteiger partial charge in [-0.05, 0) is 13.8 Å². The summed E-state index contributed by atoms with van der Waals surface area (Å²) in [5.41, 5.74) is 1.30. The van der Waals surface area contributed by atoms with Crippen LogP contribution in [0.4, 0.5) is 5.69 Å². The van der Waals surface area contributed by atoms with Crippen molar-refractivity contribution in [2.45, 2.75) is 19.9 Å². The highest BCUT2D eigenvalue weighted by atomic mass is 16.6. The van der Waals surface area contributed by atoms with E-state index in [9.17, 15) is 10.1 Å². The second-order valence-electron chi connectivity index (χ2n) is 3.53. The van der Waals surface area contributed by atoms with Crippen LogP contribution in [0.2, 0.25) is 0 Å². The van der Waals surface area contributed by atoms with Crippen molar-refractivity contribution in [1.29, 1.82) is 0 Å². The van der Waals surface area contributed by atoms with Crippen LogP contribution in [0.3, 0.4) is 0 Å². The molecule has 14 heavy (non-hydrogen) atoms. The molecule has 0 aromatic carbocycles. The van der Waals surface area contributed by atoms with E-state index in [1.165, 1.54) is 0 Å². The first-order chi connectivity index (χ1) is 6.61. The third-order valence-corrected chi connectivity index (χ3v) is 2.58. The molecule has 1 aliphatic heterocycles. The van der Waals surface area contributed by atoms with Gasteiger partial charge in [0.2, 0.25) is 0 Å². The Morgan fingerprint density at radius 2 is 2.21 bits per heavy atom. The summed E-state index contributed by atoms with van der Waals surface area (Å²) in [4.78, 5) is 10.4. The van der Waals surface area contributed by atoms with Gasteiger partial charge in [-0.15, -0.1) is 0 Å². The van der Waals surface area contributed by atoms with E-state index in [-0.39, 0.29) is 16.7 Å².